The summed E-state index contributed by atoms with van der Waals surface area (Å²) in [5.74, 6) is 0. The predicted octanol–water partition coefficient (Wildman–Crippen LogP) is 3.25. The van der Waals surface area contributed by atoms with Gasteiger partial charge in [-0.25, -0.2) is 4.79 Å². The van der Waals surface area contributed by atoms with Crippen molar-refractivity contribution < 1.29 is 9.53 Å². The van der Waals surface area contributed by atoms with E-state index in [9.17, 15) is 4.79 Å². The number of piperidine rings is 1. The molecule has 3 N–H and O–H groups in total. The van der Waals surface area contributed by atoms with Gasteiger partial charge in [-0.1, -0.05) is 0 Å². The van der Waals surface area contributed by atoms with Crippen molar-refractivity contribution in [1.29, 1.82) is 0 Å². The summed E-state index contributed by atoms with van der Waals surface area (Å²) in [6.45, 7) is 7.21. The number of anilines is 2. The number of nitrogens with zero attached hydrogens (tertiary/aromatic N) is 3. The molecule has 8 heteroatoms. The molecule has 0 unspecified atom stereocenters. The fraction of sp³-hybridized carbons (Fsp3) is 0.556. The summed E-state index contributed by atoms with van der Waals surface area (Å²) in [5.41, 5.74) is 8.51. The first-order valence-corrected chi connectivity index (χ1v) is 9.89. The zero-order valence-corrected chi connectivity index (χ0v) is 17.8. The van der Waals surface area contributed by atoms with Gasteiger partial charge >= 0.3 is 6.09 Å². The maximum Gasteiger partial charge on any atom is 0.407 e. The van der Waals surface area contributed by atoms with Crippen molar-refractivity contribution in [3.63, 3.8) is 0 Å². The summed E-state index contributed by atoms with van der Waals surface area (Å²) in [6, 6.07) is 3.89. The number of carbonyl (C=O) groups is 1. The van der Waals surface area contributed by atoms with Crippen molar-refractivity contribution in [1.82, 2.24) is 15.1 Å². The maximum absolute atomic E-state index is 12.1. The third-order valence-corrected chi connectivity index (χ3v) is 5.63. The number of rotatable bonds is 2. The number of amides is 1. The summed E-state index contributed by atoms with van der Waals surface area (Å²) >= 11 is 2.30. The van der Waals surface area contributed by atoms with Crippen molar-refractivity contribution in [2.45, 2.75) is 45.3 Å². The Morgan fingerprint density at radius 3 is 2.85 bits per heavy atom. The number of hydrogen-bond donors (Lipinski definition) is 2. The fourth-order valence-electron chi connectivity index (χ4n) is 3.36. The Morgan fingerprint density at radius 1 is 1.42 bits per heavy atom. The van der Waals surface area contributed by atoms with E-state index in [-0.39, 0.29) is 12.1 Å². The molecule has 1 aromatic heterocycles. The lowest BCUT2D eigenvalue weighted by molar-refractivity contribution is 0.0500. The minimum atomic E-state index is -0.500. The zero-order valence-electron chi connectivity index (χ0n) is 15.7. The van der Waals surface area contributed by atoms with Crippen LogP contribution in [0.1, 0.15) is 33.6 Å². The lowest BCUT2D eigenvalue weighted by Gasteiger charge is -2.36. The van der Waals surface area contributed by atoms with Gasteiger partial charge in [0.25, 0.3) is 0 Å². The van der Waals surface area contributed by atoms with Crippen molar-refractivity contribution >= 4 is 51.0 Å². The Kier molecular flexibility index (Phi) is 5.23. The van der Waals surface area contributed by atoms with Gasteiger partial charge in [-0.3, -0.25) is 4.68 Å². The number of nitrogens with two attached hydrogens (primary N) is 1. The number of fused-ring (bicyclic) bond motifs is 1. The predicted molar refractivity (Wildman–Crippen MR) is 112 cm³/mol. The molecule has 0 radical (unpaired) electrons. The lowest BCUT2D eigenvalue weighted by atomic mass is 10.0. The lowest BCUT2D eigenvalue weighted by Crippen LogP contribution is -2.49. The monoisotopic (exact) mass is 471 g/mol. The molecule has 0 bridgehead atoms. The molecule has 1 saturated heterocycles. The second-order valence-corrected chi connectivity index (χ2v) is 8.77. The van der Waals surface area contributed by atoms with E-state index >= 15 is 0 Å². The second kappa shape index (κ2) is 7.13. The smallest absolute Gasteiger partial charge is 0.407 e. The van der Waals surface area contributed by atoms with Crippen molar-refractivity contribution in [3.8, 4) is 0 Å². The highest BCUT2D eigenvalue weighted by Gasteiger charge is 2.27. The molecule has 2 heterocycles. The molecular weight excluding hydrogens is 445 g/mol. The van der Waals surface area contributed by atoms with Crippen LogP contribution in [0.3, 0.4) is 0 Å². The molecule has 26 heavy (non-hydrogen) atoms. The molecule has 1 aliphatic rings. The number of nitrogen functional groups attached to an aromatic ring is 1. The number of halogens is 1. The number of carbonyl (C=O) groups excluding carboxylic acids is 1. The topological polar surface area (TPSA) is 85.4 Å². The van der Waals surface area contributed by atoms with Gasteiger partial charge in [-0.2, -0.15) is 5.10 Å². The van der Waals surface area contributed by atoms with Crippen LogP contribution in [-0.2, 0) is 11.8 Å². The summed E-state index contributed by atoms with van der Waals surface area (Å²) < 4.78 is 8.32. The number of nitrogens with one attached hydrogen (secondary N) is 1. The average molecular weight is 471 g/mol. The van der Waals surface area contributed by atoms with Gasteiger partial charge in [-0.15, -0.1) is 0 Å². The van der Waals surface area contributed by atoms with Crippen molar-refractivity contribution in [2.24, 2.45) is 7.05 Å². The van der Waals surface area contributed by atoms with Crippen LogP contribution in [0.5, 0.6) is 0 Å². The quantitative estimate of drug-likeness (QED) is 0.519. The number of hydrogen-bond acceptors (Lipinski definition) is 5. The van der Waals surface area contributed by atoms with Crippen LogP contribution in [-0.4, -0.2) is 40.6 Å². The molecule has 1 amide bonds. The van der Waals surface area contributed by atoms with E-state index < -0.39 is 5.60 Å². The number of ether oxygens (including phenoxy) is 1. The molecule has 2 aromatic rings. The molecule has 0 saturated carbocycles. The molecule has 0 aliphatic carbocycles. The number of alkyl carbamates (subject to hydrolysis) is 1. The number of aromatic nitrogens is 2. The van der Waals surface area contributed by atoms with Gasteiger partial charge in [0.05, 0.1) is 22.3 Å². The van der Waals surface area contributed by atoms with Crippen LogP contribution < -0.4 is 16.0 Å². The average Bonchev–Trinajstić information content (AvgIpc) is 2.81. The molecule has 142 valence electrons. The van der Waals surface area contributed by atoms with Crippen LogP contribution >= 0.6 is 22.6 Å². The third kappa shape index (κ3) is 3.99. The second-order valence-electron chi connectivity index (χ2n) is 7.74. The standard InChI is InChI=1S/C18H26IN5O2/c1-18(2,3)26-17(25)21-11-6-5-9-24(10-11)15-12(20)7-8-13-14(15)16(19)23(4)22-13/h7-8,11H,5-6,9-10,20H2,1-4H3,(H,21,25)/t11-/m1/s1. The molecule has 1 atom stereocenters. The Hall–Kier alpha value is -1.71. The van der Waals surface area contributed by atoms with Crippen LogP contribution in [0.4, 0.5) is 16.2 Å². The highest BCUT2D eigenvalue weighted by Crippen LogP contribution is 2.36. The fourth-order valence-corrected chi connectivity index (χ4v) is 4.00. The molecule has 1 fully saturated rings. The molecule has 3 rings (SSSR count). The van der Waals surface area contributed by atoms with E-state index in [0.717, 1.165) is 45.4 Å². The number of benzene rings is 1. The summed E-state index contributed by atoms with van der Waals surface area (Å²) in [7, 11) is 1.94. The van der Waals surface area contributed by atoms with Crippen LogP contribution in [0.2, 0.25) is 0 Å². The first kappa shape index (κ1) is 19.1. The summed E-state index contributed by atoms with van der Waals surface area (Å²) in [6.07, 6.45) is 1.54. The molecule has 0 spiro atoms. The summed E-state index contributed by atoms with van der Waals surface area (Å²) in [5, 5.41) is 8.63. The van der Waals surface area contributed by atoms with Gasteiger partial charge in [-0.05, 0) is 68.3 Å². The molecule has 1 aromatic carbocycles. The Morgan fingerprint density at radius 2 is 2.15 bits per heavy atom. The van der Waals surface area contributed by atoms with Crippen molar-refractivity contribution in [2.75, 3.05) is 23.7 Å². The zero-order chi connectivity index (χ0) is 19.1. The van der Waals surface area contributed by atoms with Gasteiger partial charge in [0.1, 0.15) is 9.30 Å². The first-order chi connectivity index (χ1) is 12.2. The summed E-state index contributed by atoms with van der Waals surface area (Å²) in [4.78, 5) is 14.4. The van der Waals surface area contributed by atoms with Gasteiger partial charge in [0, 0.05) is 26.2 Å². The third-order valence-electron chi connectivity index (χ3n) is 4.39. The minimum Gasteiger partial charge on any atom is -0.444 e. The van der Waals surface area contributed by atoms with E-state index in [1.165, 1.54) is 0 Å². The molecule has 7 nitrogen and oxygen atoms in total. The van der Waals surface area contributed by atoms with E-state index in [2.05, 4.69) is 37.9 Å². The van der Waals surface area contributed by atoms with Gasteiger partial charge in [0.15, 0.2) is 0 Å². The van der Waals surface area contributed by atoms with Crippen LogP contribution in [0.25, 0.3) is 10.9 Å². The molecule has 1 aliphatic heterocycles. The first-order valence-electron chi connectivity index (χ1n) is 8.81. The largest absolute Gasteiger partial charge is 0.444 e. The van der Waals surface area contributed by atoms with E-state index in [1.54, 1.807) is 0 Å². The molecular formula is C18H26IN5O2. The van der Waals surface area contributed by atoms with Crippen LogP contribution in [0.15, 0.2) is 12.1 Å². The number of aryl methyl sites for hydroxylation is 1. The Bertz CT molecular complexity index is 827. The Balaban J connectivity index is 1.83. The van der Waals surface area contributed by atoms with E-state index in [0.29, 0.717) is 6.54 Å². The van der Waals surface area contributed by atoms with E-state index in [4.69, 9.17) is 10.5 Å². The minimum absolute atomic E-state index is 0.0302. The SMILES string of the molecule is Cn1nc2ccc(N)c(N3CCC[C@@H](NC(=O)OC(C)(C)C)C3)c2c1I. The van der Waals surface area contributed by atoms with E-state index in [1.807, 2.05) is 44.6 Å². The van der Waals surface area contributed by atoms with Gasteiger partial charge < -0.3 is 20.7 Å². The normalized spacial score (nSPS) is 18.2. The van der Waals surface area contributed by atoms with Gasteiger partial charge in [0.2, 0.25) is 0 Å². The van der Waals surface area contributed by atoms with Crippen molar-refractivity contribution in [3.05, 3.63) is 15.8 Å². The maximum atomic E-state index is 12.1. The highest BCUT2D eigenvalue weighted by molar-refractivity contribution is 14.1. The Labute approximate surface area is 167 Å². The van der Waals surface area contributed by atoms with Crippen LogP contribution in [0, 0.1) is 3.70 Å². The highest BCUT2D eigenvalue weighted by atomic mass is 127.